The predicted octanol–water partition coefficient (Wildman–Crippen LogP) is -0.720. The lowest BCUT2D eigenvalue weighted by atomic mass is 10.3. The van der Waals surface area contributed by atoms with Gasteiger partial charge in [-0.2, -0.15) is 4.31 Å². The van der Waals surface area contributed by atoms with Gasteiger partial charge in [0.1, 0.15) is 5.75 Å². The van der Waals surface area contributed by atoms with Gasteiger partial charge in [-0.15, -0.1) is 0 Å². The number of hydroxylamine groups is 1. The van der Waals surface area contributed by atoms with Crippen LogP contribution in [0.4, 0.5) is 0 Å². The van der Waals surface area contributed by atoms with Gasteiger partial charge in [0.2, 0.25) is 15.9 Å². The van der Waals surface area contributed by atoms with E-state index >= 15 is 0 Å². The maximum absolute atomic E-state index is 12.6. The molecule has 0 radical (unpaired) electrons. The van der Waals surface area contributed by atoms with Crippen molar-refractivity contribution in [2.24, 2.45) is 0 Å². The highest BCUT2D eigenvalue weighted by atomic mass is 32.2. The summed E-state index contributed by atoms with van der Waals surface area (Å²) in [5, 5.41) is 8.60. The molecule has 0 aliphatic heterocycles. The minimum absolute atomic E-state index is 0.101. The maximum Gasteiger partial charge on any atom is 0.258 e. The average molecular weight is 345 g/mol. The van der Waals surface area contributed by atoms with E-state index in [1.807, 2.05) is 0 Å². The molecular formula is C13H19N3O6S. The number of nitrogens with zero attached hydrogens (tertiary/aromatic N) is 2. The molecule has 23 heavy (non-hydrogen) atoms. The first-order valence-electron chi connectivity index (χ1n) is 6.49. The lowest BCUT2D eigenvalue weighted by Gasteiger charge is -2.22. The number of rotatable bonds is 7. The second kappa shape index (κ2) is 7.90. The molecule has 0 saturated heterocycles. The Kier molecular flexibility index (Phi) is 6.49. The first kappa shape index (κ1) is 18.9. The monoisotopic (exact) mass is 345 g/mol. The molecule has 0 fully saturated rings. The number of hydrogen-bond acceptors (Lipinski definition) is 6. The first-order valence-corrected chi connectivity index (χ1v) is 7.93. The van der Waals surface area contributed by atoms with E-state index in [0.717, 1.165) is 0 Å². The van der Waals surface area contributed by atoms with Crippen molar-refractivity contribution in [3.8, 4) is 5.75 Å². The highest BCUT2D eigenvalue weighted by molar-refractivity contribution is 7.89. The van der Waals surface area contributed by atoms with Crippen LogP contribution in [-0.2, 0) is 19.6 Å². The minimum atomic E-state index is -4.10. The molecule has 0 atom stereocenters. The van der Waals surface area contributed by atoms with Crippen molar-refractivity contribution in [3.63, 3.8) is 0 Å². The largest absolute Gasteiger partial charge is 0.497 e. The molecule has 1 aromatic rings. The van der Waals surface area contributed by atoms with E-state index in [4.69, 9.17) is 9.94 Å². The Morgan fingerprint density at radius 1 is 1.17 bits per heavy atom. The second-order valence-electron chi connectivity index (χ2n) is 4.77. The molecule has 1 aromatic carbocycles. The third kappa shape index (κ3) is 4.91. The Morgan fingerprint density at radius 3 is 2.17 bits per heavy atom. The number of likely N-dealkylation sites (N-methyl/N-ethyl adjacent to an activating group) is 1. The summed E-state index contributed by atoms with van der Waals surface area (Å²) in [6.45, 7) is -1.22. The van der Waals surface area contributed by atoms with Crippen LogP contribution in [0, 0.1) is 0 Å². The maximum atomic E-state index is 12.6. The summed E-state index contributed by atoms with van der Waals surface area (Å²) in [7, 11) is 0.270. The van der Waals surface area contributed by atoms with E-state index in [1.165, 1.54) is 55.9 Å². The average Bonchev–Trinajstić information content (AvgIpc) is 2.53. The standard InChI is InChI=1S/C13H19N3O6S/c1-15(2)13(18)9-16(8-12(17)14-19)23(20,21)11-6-4-10(22-3)5-7-11/h4-7,19H,8-9H2,1-3H3,(H,14,17). The fourth-order valence-electron chi connectivity index (χ4n) is 1.61. The van der Waals surface area contributed by atoms with Crippen molar-refractivity contribution in [3.05, 3.63) is 24.3 Å². The van der Waals surface area contributed by atoms with E-state index in [0.29, 0.717) is 10.1 Å². The zero-order valence-corrected chi connectivity index (χ0v) is 13.8. The van der Waals surface area contributed by atoms with Crippen LogP contribution in [0.2, 0.25) is 0 Å². The van der Waals surface area contributed by atoms with Gasteiger partial charge in [-0.1, -0.05) is 0 Å². The van der Waals surface area contributed by atoms with Gasteiger partial charge < -0.3 is 9.64 Å². The van der Waals surface area contributed by atoms with Crippen molar-refractivity contribution >= 4 is 21.8 Å². The topological polar surface area (TPSA) is 116 Å². The summed E-state index contributed by atoms with van der Waals surface area (Å²) in [5.41, 5.74) is 1.35. The Morgan fingerprint density at radius 2 is 1.74 bits per heavy atom. The van der Waals surface area contributed by atoms with Crippen LogP contribution in [0.15, 0.2) is 29.2 Å². The third-order valence-electron chi connectivity index (χ3n) is 2.95. The molecule has 1 rings (SSSR count). The van der Waals surface area contributed by atoms with Crippen molar-refractivity contribution in [2.45, 2.75) is 4.90 Å². The molecule has 0 aromatic heterocycles. The minimum Gasteiger partial charge on any atom is -0.497 e. The molecule has 0 aliphatic rings. The molecule has 10 heteroatoms. The number of amides is 2. The van der Waals surface area contributed by atoms with Crippen LogP contribution in [0.3, 0.4) is 0 Å². The summed E-state index contributed by atoms with van der Waals surface area (Å²) in [6.07, 6.45) is 0. The molecule has 0 unspecified atom stereocenters. The van der Waals surface area contributed by atoms with Gasteiger partial charge in [0.25, 0.3) is 5.91 Å². The summed E-state index contributed by atoms with van der Waals surface area (Å²) < 4.78 is 30.8. The number of sulfonamides is 1. The quantitative estimate of drug-likeness (QED) is 0.498. The van der Waals surface area contributed by atoms with Crippen molar-refractivity contribution in [2.75, 3.05) is 34.3 Å². The van der Waals surface area contributed by atoms with Gasteiger partial charge >= 0.3 is 0 Å². The van der Waals surface area contributed by atoms with Crippen molar-refractivity contribution < 1.29 is 28.0 Å². The number of benzene rings is 1. The van der Waals surface area contributed by atoms with Crippen LogP contribution >= 0.6 is 0 Å². The number of hydrogen-bond donors (Lipinski definition) is 2. The van der Waals surface area contributed by atoms with Gasteiger partial charge in [0.05, 0.1) is 25.1 Å². The highest BCUT2D eigenvalue weighted by Crippen LogP contribution is 2.19. The summed E-state index contributed by atoms with van der Waals surface area (Å²) in [6, 6.07) is 5.51. The molecule has 0 saturated carbocycles. The molecule has 0 spiro atoms. The fraction of sp³-hybridized carbons (Fsp3) is 0.385. The van der Waals surface area contributed by atoms with E-state index in [-0.39, 0.29) is 4.90 Å². The Bertz CT molecular complexity index is 657. The van der Waals surface area contributed by atoms with E-state index in [9.17, 15) is 18.0 Å². The lowest BCUT2D eigenvalue weighted by molar-refractivity contribution is -0.131. The molecule has 2 N–H and O–H groups in total. The number of nitrogens with one attached hydrogen (secondary N) is 1. The molecule has 128 valence electrons. The Labute approximate surface area is 134 Å². The molecule has 0 bridgehead atoms. The molecule has 2 amide bonds. The van der Waals surface area contributed by atoms with Crippen molar-refractivity contribution in [1.82, 2.24) is 14.7 Å². The highest BCUT2D eigenvalue weighted by Gasteiger charge is 2.29. The van der Waals surface area contributed by atoms with E-state index in [1.54, 1.807) is 0 Å². The van der Waals surface area contributed by atoms with Crippen LogP contribution in [0.5, 0.6) is 5.75 Å². The van der Waals surface area contributed by atoms with E-state index < -0.39 is 34.9 Å². The number of carbonyl (C=O) groups is 2. The SMILES string of the molecule is COc1ccc(S(=O)(=O)N(CC(=O)NO)CC(=O)N(C)C)cc1. The van der Waals surface area contributed by atoms with Crippen molar-refractivity contribution in [1.29, 1.82) is 0 Å². The fourth-order valence-corrected chi connectivity index (χ4v) is 2.96. The number of ether oxygens (including phenoxy) is 1. The zero-order chi connectivity index (χ0) is 17.6. The van der Waals surface area contributed by atoms with Gasteiger partial charge in [0.15, 0.2) is 0 Å². The molecule has 0 heterocycles. The predicted molar refractivity (Wildman–Crippen MR) is 80.4 cm³/mol. The lowest BCUT2D eigenvalue weighted by Crippen LogP contribution is -2.45. The molecule has 0 aliphatic carbocycles. The van der Waals surface area contributed by atoms with Crippen LogP contribution in [0.25, 0.3) is 0 Å². The number of carbonyl (C=O) groups excluding carboxylic acids is 2. The van der Waals surface area contributed by atoms with E-state index in [2.05, 4.69) is 0 Å². The summed E-state index contributed by atoms with van der Waals surface area (Å²) in [5.74, 6) is -0.991. The Hall–Kier alpha value is -2.17. The summed E-state index contributed by atoms with van der Waals surface area (Å²) >= 11 is 0. The number of methoxy groups -OCH3 is 1. The second-order valence-corrected chi connectivity index (χ2v) is 6.71. The van der Waals surface area contributed by atoms with Gasteiger partial charge in [0, 0.05) is 14.1 Å². The molecule has 9 nitrogen and oxygen atoms in total. The first-order chi connectivity index (χ1) is 10.7. The van der Waals surface area contributed by atoms with Gasteiger partial charge in [-0.3, -0.25) is 14.8 Å². The van der Waals surface area contributed by atoms with Gasteiger partial charge in [-0.25, -0.2) is 13.9 Å². The third-order valence-corrected chi connectivity index (χ3v) is 4.76. The normalized spacial score (nSPS) is 11.2. The smallest absolute Gasteiger partial charge is 0.258 e. The zero-order valence-electron chi connectivity index (χ0n) is 13.0. The van der Waals surface area contributed by atoms with Crippen LogP contribution < -0.4 is 10.2 Å². The van der Waals surface area contributed by atoms with Gasteiger partial charge in [-0.05, 0) is 24.3 Å². The summed E-state index contributed by atoms with van der Waals surface area (Å²) in [4.78, 5) is 24.2. The van der Waals surface area contributed by atoms with Crippen LogP contribution in [-0.4, -0.2) is 68.9 Å². The Balaban J connectivity index is 3.15. The van der Waals surface area contributed by atoms with Crippen LogP contribution in [0.1, 0.15) is 0 Å². The molecular weight excluding hydrogens is 326 g/mol.